The monoisotopic (exact) mass is 281 g/mol. The fraction of sp³-hybridized carbons (Fsp3) is 0.800. The Morgan fingerprint density at radius 1 is 1.60 bits per heavy atom. The number of anilines is 1. The number of hydrogen-bond donors (Lipinski definition) is 1. The molecule has 1 N–H and O–H groups in total. The van der Waals surface area contributed by atoms with Gasteiger partial charge in [0.2, 0.25) is 0 Å². The van der Waals surface area contributed by atoms with Gasteiger partial charge in [-0.1, -0.05) is 0 Å². The summed E-state index contributed by atoms with van der Waals surface area (Å²) in [6.45, 7) is 8.11. The van der Waals surface area contributed by atoms with Crippen molar-refractivity contribution in [1.29, 1.82) is 0 Å². The molecule has 2 unspecified atom stereocenters. The zero-order chi connectivity index (χ0) is 14.6. The van der Waals surface area contributed by atoms with Crippen molar-refractivity contribution in [3.63, 3.8) is 0 Å². The van der Waals surface area contributed by atoms with E-state index in [-0.39, 0.29) is 5.60 Å². The van der Waals surface area contributed by atoms with Crippen molar-refractivity contribution in [2.24, 2.45) is 0 Å². The average molecular weight is 281 g/mol. The third-order valence-corrected chi connectivity index (χ3v) is 3.81. The number of ether oxygens (including phenoxy) is 2. The highest BCUT2D eigenvalue weighted by Gasteiger charge is 2.20. The maximum absolute atomic E-state index is 5.63. The molecule has 1 aromatic rings. The minimum Gasteiger partial charge on any atom is -0.380 e. The van der Waals surface area contributed by atoms with E-state index in [0.717, 1.165) is 31.7 Å². The van der Waals surface area contributed by atoms with Crippen molar-refractivity contribution >= 4 is 5.69 Å². The zero-order valence-electron chi connectivity index (χ0n) is 13.1. The molecule has 2 rings (SSSR count). The molecule has 0 amide bonds. The summed E-state index contributed by atoms with van der Waals surface area (Å²) in [6, 6.07) is 0.338. The fourth-order valence-corrected chi connectivity index (χ4v) is 2.69. The fourth-order valence-electron chi connectivity index (χ4n) is 2.69. The van der Waals surface area contributed by atoms with Gasteiger partial charge in [-0.3, -0.25) is 4.68 Å². The molecular formula is C15H27N3O2. The maximum Gasteiger partial charge on any atom is 0.0771 e. The molecule has 0 aromatic carbocycles. The molecule has 1 aliphatic heterocycles. The maximum atomic E-state index is 5.63. The van der Waals surface area contributed by atoms with E-state index >= 15 is 0 Å². The number of hydrogen-bond acceptors (Lipinski definition) is 4. The van der Waals surface area contributed by atoms with Crippen LogP contribution in [0.1, 0.15) is 40.0 Å². The van der Waals surface area contributed by atoms with Crippen LogP contribution < -0.4 is 5.32 Å². The standard InChI is InChI=1S/C15H27N3O2/c1-12(8-15(2,3)19-4)17-13-9-16-18(10-13)11-14-6-5-7-20-14/h9-10,12,14,17H,5-8,11H2,1-4H3. The molecule has 2 heterocycles. The molecule has 0 saturated carbocycles. The molecule has 0 radical (unpaired) electrons. The first-order valence-electron chi connectivity index (χ1n) is 7.44. The van der Waals surface area contributed by atoms with E-state index in [1.54, 1.807) is 7.11 Å². The molecule has 5 heteroatoms. The van der Waals surface area contributed by atoms with Gasteiger partial charge in [-0.15, -0.1) is 0 Å². The first kappa shape index (κ1) is 15.3. The summed E-state index contributed by atoms with van der Waals surface area (Å²) in [5.74, 6) is 0. The summed E-state index contributed by atoms with van der Waals surface area (Å²) in [5.41, 5.74) is 0.947. The molecule has 20 heavy (non-hydrogen) atoms. The molecule has 1 saturated heterocycles. The van der Waals surface area contributed by atoms with Gasteiger partial charge in [-0.05, 0) is 40.0 Å². The number of methoxy groups -OCH3 is 1. The summed E-state index contributed by atoms with van der Waals surface area (Å²) in [6.07, 6.45) is 7.51. The van der Waals surface area contributed by atoms with Crippen LogP contribution in [0.5, 0.6) is 0 Å². The average Bonchev–Trinajstić information content (AvgIpc) is 3.01. The molecule has 0 spiro atoms. The second-order valence-electron chi connectivity index (χ2n) is 6.30. The highest BCUT2D eigenvalue weighted by atomic mass is 16.5. The predicted molar refractivity (Wildman–Crippen MR) is 80.0 cm³/mol. The van der Waals surface area contributed by atoms with Crippen LogP contribution in [0.2, 0.25) is 0 Å². The lowest BCUT2D eigenvalue weighted by atomic mass is 10.00. The highest BCUT2D eigenvalue weighted by molar-refractivity contribution is 5.39. The van der Waals surface area contributed by atoms with Crippen molar-refractivity contribution in [3.8, 4) is 0 Å². The Morgan fingerprint density at radius 2 is 2.40 bits per heavy atom. The van der Waals surface area contributed by atoms with Gasteiger partial charge < -0.3 is 14.8 Å². The molecule has 1 fully saturated rings. The van der Waals surface area contributed by atoms with Gasteiger partial charge in [0.1, 0.15) is 0 Å². The van der Waals surface area contributed by atoms with Gasteiger partial charge in [0, 0.05) is 26.0 Å². The molecule has 2 atom stereocenters. The van der Waals surface area contributed by atoms with E-state index in [4.69, 9.17) is 9.47 Å². The number of aromatic nitrogens is 2. The summed E-state index contributed by atoms with van der Waals surface area (Å²) < 4.78 is 13.1. The minimum absolute atomic E-state index is 0.111. The largest absolute Gasteiger partial charge is 0.380 e. The molecule has 114 valence electrons. The lowest BCUT2D eigenvalue weighted by molar-refractivity contribution is 0.0128. The topological polar surface area (TPSA) is 48.3 Å². The van der Waals surface area contributed by atoms with Gasteiger partial charge in [0.05, 0.1) is 30.1 Å². The highest BCUT2D eigenvalue weighted by Crippen LogP contribution is 2.19. The second-order valence-corrected chi connectivity index (χ2v) is 6.30. The Balaban J connectivity index is 1.82. The first-order valence-corrected chi connectivity index (χ1v) is 7.44. The Morgan fingerprint density at radius 3 is 3.05 bits per heavy atom. The summed E-state index contributed by atoms with van der Waals surface area (Å²) >= 11 is 0. The summed E-state index contributed by atoms with van der Waals surface area (Å²) in [7, 11) is 1.76. The number of nitrogens with one attached hydrogen (secondary N) is 1. The zero-order valence-corrected chi connectivity index (χ0v) is 13.1. The SMILES string of the molecule is COC(C)(C)CC(C)Nc1cnn(CC2CCCO2)c1. The van der Waals surface area contributed by atoms with E-state index in [9.17, 15) is 0 Å². The van der Waals surface area contributed by atoms with E-state index in [2.05, 4.69) is 37.4 Å². The third kappa shape index (κ3) is 4.49. The van der Waals surface area contributed by atoms with Gasteiger partial charge in [-0.2, -0.15) is 5.10 Å². The van der Waals surface area contributed by atoms with E-state index in [0.29, 0.717) is 12.1 Å². The van der Waals surface area contributed by atoms with Crippen LogP contribution in [0.15, 0.2) is 12.4 Å². The second kappa shape index (κ2) is 6.59. The Labute approximate surface area is 121 Å². The summed E-state index contributed by atoms with van der Waals surface area (Å²) in [4.78, 5) is 0. The molecular weight excluding hydrogens is 254 g/mol. The Kier molecular flexibility index (Phi) is 5.05. The van der Waals surface area contributed by atoms with Crippen molar-refractivity contribution in [1.82, 2.24) is 9.78 Å². The minimum atomic E-state index is -0.111. The molecule has 0 bridgehead atoms. The number of rotatable bonds is 7. The van der Waals surface area contributed by atoms with E-state index in [1.807, 2.05) is 10.9 Å². The molecule has 1 aliphatic rings. The van der Waals surface area contributed by atoms with Gasteiger partial charge >= 0.3 is 0 Å². The van der Waals surface area contributed by atoms with Gasteiger partial charge in [0.15, 0.2) is 0 Å². The van der Waals surface area contributed by atoms with Crippen molar-refractivity contribution in [3.05, 3.63) is 12.4 Å². The normalized spacial score (nSPS) is 21.1. The third-order valence-electron chi connectivity index (χ3n) is 3.81. The van der Waals surface area contributed by atoms with Crippen LogP contribution in [0.4, 0.5) is 5.69 Å². The molecule has 0 aliphatic carbocycles. The predicted octanol–water partition coefficient (Wildman–Crippen LogP) is 2.68. The smallest absolute Gasteiger partial charge is 0.0771 e. The summed E-state index contributed by atoms with van der Waals surface area (Å²) in [5, 5.41) is 7.87. The lowest BCUT2D eigenvalue weighted by Gasteiger charge is -2.27. The molecule has 5 nitrogen and oxygen atoms in total. The van der Waals surface area contributed by atoms with Crippen LogP contribution in [-0.4, -0.2) is 41.2 Å². The molecule has 1 aromatic heterocycles. The first-order chi connectivity index (χ1) is 9.48. The van der Waals surface area contributed by atoms with Crippen LogP contribution in [0.25, 0.3) is 0 Å². The van der Waals surface area contributed by atoms with Crippen LogP contribution in [0.3, 0.4) is 0 Å². The Bertz CT molecular complexity index is 411. The number of nitrogens with zero attached hydrogens (tertiary/aromatic N) is 2. The van der Waals surface area contributed by atoms with E-state index < -0.39 is 0 Å². The van der Waals surface area contributed by atoms with Gasteiger partial charge in [0.25, 0.3) is 0 Å². The van der Waals surface area contributed by atoms with Crippen molar-refractivity contribution in [2.45, 2.75) is 64.3 Å². The van der Waals surface area contributed by atoms with Crippen molar-refractivity contribution < 1.29 is 9.47 Å². The van der Waals surface area contributed by atoms with Crippen LogP contribution >= 0.6 is 0 Å². The van der Waals surface area contributed by atoms with Crippen LogP contribution in [0, 0.1) is 0 Å². The quantitative estimate of drug-likeness (QED) is 0.835. The van der Waals surface area contributed by atoms with Crippen LogP contribution in [-0.2, 0) is 16.0 Å². The van der Waals surface area contributed by atoms with Gasteiger partial charge in [-0.25, -0.2) is 0 Å². The van der Waals surface area contributed by atoms with Crippen molar-refractivity contribution in [2.75, 3.05) is 19.0 Å². The van der Waals surface area contributed by atoms with E-state index in [1.165, 1.54) is 6.42 Å². The lowest BCUT2D eigenvalue weighted by Crippen LogP contribution is -2.31. The Hall–Kier alpha value is -1.07.